The van der Waals surface area contributed by atoms with Crippen LogP contribution in [0.15, 0.2) is 42.7 Å². The first-order valence-corrected chi connectivity index (χ1v) is 6.60. The van der Waals surface area contributed by atoms with Gasteiger partial charge in [-0.25, -0.2) is 0 Å². The van der Waals surface area contributed by atoms with Crippen molar-refractivity contribution in [2.75, 3.05) is 5.73 Å². The maximum absolute atomic E-state index is 12.2. The first-order valence-electron chi connectivity index (χ1n) is 6.60. The number of carbonyl (C=O) groups is 1. The van der Waals surface area contributed by atoms with Crippen molar-refractivity contribution < 1.29 is 4.79 Å². The quantitative estimate of drug-likeness (QED) is 0.837. The molecular formula is C16H19N3O. The Kier molecular flexibility index (Phi) is 4.35. The molecule has 1 amide bonds. The van der Waals surface area contributed by atoms with Gasteiger partial charge >= 0.3 is 0 Å². The van der Waals surface area contributed by atoms with Crippen LogP contribution in [-0.2, 0) is 11.3 Å². The van der Waals surface area contributed by atoms with Gasteiger partial charge in [-0.2, -0.15) is 0 Å². The van der Waals surface area contributed by atoms with Crippen LogP contribution in [-0.4, -0.2) is 10.9 Å². The number of anilines is 1. The van der Waals surface area contributed by atoms with Crippen molar-refractivity contribution in [1.82, 2.24) is 10.3 Å². The number of benzene rings is 1. The first kappa shape index (κ1) is 14.1. The van der Waals surface area contributed by atoms with Crippen molar-refractivity contribution in [2.45, 2.75) is 26.3 Å². The van der Waals surface area contributed by atoms with Crippen LogP contribution in [0.2, 0.25) is 0 Å². The molecule has 104 valence electrons. The van der Waals surface area contributed by atoms with Gasteiger partial charge in [-0.15, -0.1) is 0 Å². The topological polar surface area (TPSA) is 68.0 Å². The third-order valence-electron chi connectivity index (χ3n) is 3.39. The van der Waals surface area contributed by atoms with Gasteiger partial charge in [0.1, 0.15) is 0 Å². The van der Waals surface area contributed by atoms with E-state index in [0.717, 1.165) is 16.7 Å². The Balaban J connectivity index is 2.00. The van der Waals surface area contributed by atoms with Gasteiger partial charge in [-0.1, -0.05) is 12.1 Å². The lowest BCUT2D eigenvalue weighted by molar-refractivity contribution is -0.122. The Bertz CT molecular complexity index is 610. The van der Waals surface area contributed by atoms with Gasteiger partial charge in [0, 0.05) is 24.6 Å². The summed E-state index contributed by atoms with van der Waals surface area (Å²) in [6.45, 7) is 4.37. The average Bonchev–Trinajstić information content (AvgIpc) is 2.45. The van der Waals surface area contributed by atoms with Crippen molar-refractivity contribution in [3.05, 3.63) is 59.4 Å². The Hall–Kier alpha value is -2.36. The highest BCUT2D eigenvalue weighted by atomic mass is 16.1. The second-order valence-corrected chi connectivity index (χ2v) is 4.91. The molecule has 1 aromatic carbocycles. The van der Waals surface area contributed by atoms with Gasteiger partial charge < -0.3 is 11.1 Å². The maximum atomic E-state index is 12.2. The lowest BCUT2D eigenvalue weighted by Gasteiger charge is -2.13. The highest BCUT2D eigenvalue weighted by Gasteiger charge is 2.15. The number of hydrogen-bond acceptors (Lipinski definition) is 3. The van der Waals surface area contributed by atoms with Crippen LogP contribution in [0, 0.1) is 6.92 Å². The Morgan fingerprint density at radius 2 is 2.20 bits per heavy atom. The summed E-state index contributed by atoms with van der Waals surface area (Å²) in [7, 11) is 0. The molecule has 0 spiro atoms. The van der Waals surface area contributed by atoms with E-state index in [1.807, 2.05) is 44.2 Å². The molecule has 2 rings (SSSR count). The largest absolute Gasteiger partial charge is 0.399 e. The molecule has 2 aromatic rings. The molecule has 1 unspecified atom stereocenters. The number of nitrogens with one attached hydrogen (secondary N) is 1. The van der Waals surface area contributed by atoms with Gasteiger partial charge in [0.2, 0.25) is 5.91 Å². The van der Waals surface area contributed by atoms with Crippen molar-refractivity contribution >= 4 is 11.6 Å². The summed E-state index contributed by atoms with van der Waals surface area (Å²) in [4.78, 5) is 16.2. The predicted molar refractivity (Wildman–Crippen MR) is 80.1 cm³/mol. The van der Waals surface area contributed by atoms with E-state index in [1.54, 1.807) is 12.4 Å². The SMILES string of the molecule is Cc1cnccc1CNC(=O)C(C)c1cccc(N)c1. The Morgan fingerprint density at radius 3 is 2.90 bits per heavy atom. The predicted octanol–water partition coefficient (Wildman–Crippen LogP) is 2.39. The number of nitrogen functional groups attached to an aromatic ring is 1. The van der Waals surface area contributed by atoms with Crippen molar-refractivity contribution in [2.24, 2.45) is 0 Å². The van der Waals surface area contributed by atoms with Crippen LogP contribution in [0.4, 0.5) is 5.69 Å². The molecule has 0 radical (unpaired) electrons. The summed E-state index contributed by atoms with van der Waals surface area (Å²) < 4.78 is 0. The summed E-state index contributed by atoms with van der Waals surface area (Å²) in [5.74, 6) is -0.229. The van der Waals surface area contributed by atoms with Gasteiger partial charge in [0.05, 0.1) is 5.92 Å². The molecule has 0 bridgehead atoms. The fourth-order valence-corrected chi connectivity index (χ4v) is 2.02. The summed E-state index contributed by atoms with van der Waals surface area (Å²) in [5, 5.41) is 2.95. The second-order valence-electron chi connectivity index (χ2n) is 4.91. The number of aryl methyl sites for hydroxylation is 1. The normalized spacial score (nSPS) is 11.9. The second kappa shape index (κ2) is 6.19. The summed E-state index contributed by atoms with van der Waals surface area (Å²) in [5.41, 5.74) is 9.49. The molecule has 20 heavy (non-hydrogen) atoms. The van der Waals surface area contributed by atoms with Gasteiger partial charge in [0.25, 0.3) is 0 Å². The zero-order chi connectivity index (χ0) is 14.5. The number of hydrogen-bond donors (Lipinski definition) is 2. The lowest BCUT2D eigenvalue weighted by atomic mass is 9.99. The van der Waals surface area contributed by atoms with Crippen LogP contribution in [0.25, 0.3) is 0 Å². The number of nitrogens with zero attached hydrogens (tertiary/aromatic N) is 1. The average molecular weight is 269 g/mol. The molecule has 4 nitrogen and oxygen atoms in total. The zero-order valence-electron chi connectivity index (χ0n) is 11.8. The van der Waals surface area contributed by atoms with E-state index in [0.29, 0.717) is 12.2 Å². The molecule has 0 fully saturated rings. The van der Waals surface area contributed by atoms with Gasteiger partial charge in [-0.05, 0) is 48.7 Å². The molecule has 0 saturated carbocycles. The fourth-order valence-electron chi connectivity index (χ4n) is 2.02. The molecule has 4 heteroatoms. The molecule has 0 aliphatic rings. The van der Waals surface area contributed by atoms with Gasteiger partial charge in [0.15, 0.2) is 0 Å². The minimum absolute atomic E-state index is 0.00758. The van der Waals surface area contributed by atoms with Crippen LogP contribution >= 0.6 is 0 Å². The summed E-state index contributed by atoms with van der Waals surface area (Å²) in [6.07, 6.45) is 3.53. The molecule has 1 heterocycles. The highest BCUT2D eigenvalue weighted by molar-refractivity contribution is 5.83. The third kappa shape index (κ3) is 3.35. The summed E-state index contributed by atoms with van der Waals surface area (Å²) in [6, 6.07) is 9.34. The van der Waals surface area contributed by atoms with E-state index in [4.69, 9.17) is 5.73 Å². The van der Waals surface area contributed by atoms with Crippen molar-refractivity contribution in [1.29, 1.82) is 0 Å². The zero-order valence-corrected chi connectivity index (χ0v) is 11.8. The van der Waals surface area contributed by atoms with Gasteiger partial charge in [-0.3, -0.25) is 9.78 Å². The molecule has 0 saturated heterocycles. The molecule has 0 aliphatic carbocycles. The van der Waals surface area contributed by atoms with Crippen LogP contribution in [0.3, 0.4) is 0 Å². The molecule has 3 N–H and O–H groups in total. The monoisotopic (exact) mass is 269 g/mol. The minimum Gasteiger partial charge on any atom is -0.399 e. The molecule has 1 atom stereocenters. The number of pyridine rings is 1. The Labute approximate surface area is 119 Å². The van der Waals surface area contributed by atoms with E-state index in [2.05, 4.69) is 10.3 Å². The lowest BCUT2D eigenvalue weighted by Crippen LogP contribution is -2.27. The fraction of sp³-hybridized carbons (Fsp3) is 0.250. The van der Waals surface area contributed by atoms with Crippen molar-refractivity contribution in [3.8, 4) is 0 Å². The number of nitrogens with two attached hydrogens (primary N) is 1. The Morgan fingerprint density at radius 1 is 1.40 bits per heavy atom. The van der Waals surface area contributed by atoms with Crippen LogP contribution in [0.5, 0.6) is 0 Å². The standard InChI is InChI=1S/C16H19N3O/c1-11-9-18-7-6-14(11)10-19-16(20)12(2)13-4-3-5-15(17)8-13/h3-9,12H,10,17H2,1-2H3,(H,19,20). The smallest absolute Gasteiger partial charge is 0.227 e. The van der Waals surface area contributed by atoms with E-state index < -0.39 is 0 Å². The number of aromatic nitrogens is 1. The van der Waals surface area contributed by atoms with Crippen molar-refractivity contribution in [3.63, 3.8) is 0 Å². The van der Waals surface area contributed by atoms with E-state index >= 15 is 0 Å². The van der Waals surface area contributed by atoms with E-state index in [1.165, 1.54) is 0 Å². The number of rotatable bonds is 4. The van der Waals surface area contributed by atoms with E-state index in [9.17, 15) is 4.79 Å². The highest BCUT2D eigenvalue weighted by Crippen LogP contribution is 2.18. The van der Waals surface area contributed by atoms with Crippen LogP contribution < -0.4 is 11.1 Å². The third-order valence-corrected chi connectivity index (χ3v) is 3.39. The maximum Gasteiger partial charge on any atom is 0.227 e. The molecule has 0 aliphatic heterocycles. The summed E-state index contributed by atoms with van der Waals surface area (Å²) >= 11 is 0. The van der Waals surface area contributed by atoms with Crippen LogP contribution in [0.1, 0.15) is 29.5 Å². The first-order chi connectivity index (χ1) is 9.58. The molecular weight excluding hydrogens is 250 g/mol. The number of amides is 1. The molecule has 1 aromatic heterocycles. The number of carbonyl (C=O) groups excluding carboxylic acids is 1. The minimum atomic E-state index is -0.222. The van der Waals surface area contributed by atoms with E-state index in [-0.39, 0.29) is 11.8 Å².